The third kappa shape index (κ3) is 4.39. The van der Waals surface area contributed by atoms with Crippen molar-refractivity contribution in [3.8, 4) is 11.5 Å². The van der Waals surface area contributed by atoms with Crippen molar-refractivity contribution in [1.29, 1.82) is 0 Å². The van der Waals surface area contributed by atoms with Crippen LogP contribution < -0.4 is 15.2 Å². The fraction of sp³-hybridized carbons (Fsp3) is 0.294. The van der Waals surface area contributed by atoms with Crippen molar-refractivity contribution in [1.82, 2.24) is 0 Å². The molecule has 0 aromatic heterocycles. The SMILES string of the molecule is COc1cc(CO)ccc1OCCCc1ccc(N)cc1. The monoisotopic (exact) mass is 287 g/mol. The van der Waals surface area contributed by atoms with E-state index in [0.29, 0.717) is 18.1 Å². The lowest BCUT2D eigenvalue weighted by molar-refractivity contribution is 0.276. The smallest absolute Gasteiger partial charge is 0.161 e. The Balaban J connectivity index is 1.84. The van der Waals surface area contributed by atoms with Gasteiger partial charge in [-0.05, 0) is 48.2 Å². The minimum Gasteiger partial charge on any atom is -0.493 e. The van der Waals surface area contributed by atoms with Crippen LogP contribution in [0.4, 0.5) is 5.69 Å². The van der Waals surface area contributed by atoms with Gasteiger partial charge in [-0.1, -0.05) is 18.2 Å². The van der Waals surface area contributed by atoms with E-state index in [1.54, 1.807) is 13.2 Å². The van der Waals surface area contributed by atoms with Crippen LogP contribution in [-0.4, -0.2) is 18.8 Å². The summed E-state index contributed by atoms with van der Waals surface area (Å²) in [7, 11) is 1.59. The number of aliphatic hydroxyl groups is 1. The molecule has 2 rings (SSSR count). The molecule has 112 valence electrons. The Bertz CT molecular complexity index is 567. The number of benzene rings is 2. The Morgan fingerprint density at radius 3 is 2.38 bits per heavy atom. The van der Waals surface area contributed by atoms with Crippen LogP contribution in [0.25, 0.3) is 0 Å². The Morgan fingerprint density at radius 1 is 1.00 bits per heavy atom. The summed E-state index contributed by atoms with van der Waals surface area (Å²) < 4.78 is 11.0. The van der Waals surface area contributed by atoms with Gasteiger partial charge in [-0.2, -0.15) is 0 Å². The van der Waals surface area contributed by atoms with E-state index in [0.717, 1.165) is 24.1 Å². The summed E-state index contributed by atoms with van der Waals surface area (Å²) in [6, 6.07) is 13.3. The molecule has 0 unspecified atom stereocenters. The first-order chi connectivity index (χ1) is 10.2. The second kappa shape index (κ2) is 7.55. The number of aryl methyl sites for hydroxylation is 1. The van der Waals surface area contributed by atoms with Gasteiger partial charge in [-0.25, -0.2) is 0 Å². The molecule has 3 N–H and O–H groups in total. The van der Waals surface area contributed by atoms with Crippen molar-refractivity contribution in [2.45, 2.75) is 19.4 Å². The Morgan fingerprint density at radius 2 is 1.71 bits per heavy atom. The highest BCUT2D eigenvalue weighted by Crippen LogP contribution is 2.28. The highest BCUT2D eigenvalue weighted by molar-refractivity contribution is 5.42. The third-order valence-corrected chi connectivity index (χ3v) is 3.26. The first-order valence-corrected chi connectivity index (χ1v) is 6.98. The van der Waals surface area contributed by atoms with Crippen LogP contribution in [0, 0.1) is 0 Å². The van der Waals surface area contributed by atoms with Crippen molar-refractivity contribution < 1.29 is 14.6 Å². The fourth-order valence-electron chi connectivity index (χ4n) is 2.07. The van der Waals surface area contributed by atoms with Crippen molar-refractivity contribution >= 4 is 5.69 Å². The van der Waals surface area contributed by atoms with E-state index in [4.69, 9.17) is 20.3 Å². The van der Waals surface area contributed by atoms with Gasteiger partial charge >= 0.3 is 0 Å². The summed E-state index contributed by atoms with van der Waals surface area (Å²) in [5.41, 5.74) is 8.49. The molecule has 0 saturated heterocycles. The summed E-state index contributed by atoms with van der Waals surface area (Å²) in [6.07, 6.45) is 1.85. The maximum absolute atomic E-state index is 9.10. The third-order valence-electron chi connectivity index (χ3n) is 3.26. The highest BCUT2D eigenvalue weighted by atomic mass is 16.5. The zero-order valence-electron chi connectivity index (χ0n) is 12.2. The summed E-state index contributed by atoms with van der Waals surface area (Å²) in [4.78, 5) is 0. The number of hydrogen-bond acceptors (Lipinski definition) is 4. The van der Waals surface area contributed by atoms with Crippen LogP contribution in [-0.2, 0) is 13.0 Å². The number of hydrogen-bond donors (Lipinski definition) is 2. The molecule has 2 aromatic carbocycles. The summed E-state index contributed by atoms with van der Waals surface area (Å²) >= 11 is 0. The predicted molar refractivity (Wildman–Crippen MR) is 83.6 cm³/mol. The van der Waals surface area contributed by atoms with E-state index in [1.807, 2.05) is 36.4 Å². The maximum Gasteiger partial charge on any atom is 0.161 e. The average Bonchev–Trinajstić information content (AvgIpc) is 2.53. The van der Waals surface area contributed by atoms with E-state index in [-0.39, 0.29) is 6.61 Å². The number of aliphatic hydroxyl groups excluding tert-OH is 1. The minimum absolute atomic E-state index is 0.00617. The molecule has 4 heteroatoms. The van der Waals surface area contributed by atoms with Crippen LogP contribution in [0.5, 0.6) is 11.5 Å². The quantitative estimate of drug-likeness (QED) is 0.607. The number of methoxy groups -OCH3 is 1. The van der Waals surface area contributed by atoms with Gasteiger partial charge in [0.1, 0.15) is 0 Å². The lowest BCUT2D eigenvalue weighted by atomic mass is 10.1. The molecule has 0 heterocycles. The molecule has 0 aliphatic heterocycles. The van der Waals surface area contributed by atoms with Crippen molar-refractivity contribution in [3.63, 3.8) is 0 Å². The molecule has 21 heavy (non-hydrogen) atoms. The van der Waals surface area contributed by atoms with Crippen LogP contribution in [0.2, 0.25) is 0 Å². The molecule has 0 atom stereocenters. The lowest BCUT2D eigenvalue weighted by Crippen LogP contribution is -2.01. The van der Waals surface area contributed by atoms with E-state index >= 15 is 0 Å². The largest absolute Gasteiger partial charge is 0.493 e. The van der Waals surface area contributed by atoms with Crippen LogP contribution in [0.1, 0.15) is 17.5 Å². The molecular formula is C17H21NO3. The van der Waals surface area contributed by atoms with Gasteiger partial charge in [0, 0.05) is 5.69 Å². The van der Waals surface area contributed by atoms with Crippen molar-refractivity contribution in [3.05, 3.63) is 53.6 Å². The van der Waals surface area contributed by atoms with Crippen molar-refractivity contribution in [2.24, 2.45) is 0 Å². The van der Waals surface area contributed by atoms with Crippen LogP contribution >= 0.6 is 0 Å². The first-order valence-electron chi connectivity index (χ1n) is 6.98. The average molecular weight is 287 g/mol. The Hall–Kier alpha value is -2.20. The Labute approximate surface area is 125 Å². The van der Waals surface area contributed by atoms with Gasteiger partial charge in [0.15, 0.2) is 11.5 Å². The molecule has 0 bridgehead atoms. The van der Waals surface area contributed by atoms with Gasteiger partial charge in [0.2, 0.25) is 0 Å². The summed E-state index contributed by atoms with van der Waals surface area (Å²) in [5.74, 6) is 1.35. The van der Waals surface area contributed by atoms with E-state index in [2.05, 4.69) is 0 Å². The number of anilines is 1. The van der Waals surface area contributed by atoms with Gasteiger partial charge in [-0.3, -0.25) is 0 Å². The van der Waals surface area contributed by atoms with E-state index < -0.39 is 0 Å². The van der Waals surface area contributed by atoms with Gasteiger partial charge in [-0.15, -0.1) is 0 Å². The number of ether oxygens (including phenoxy) is 2. The topological polar surface area (TPSA) is 64.7 Å². The second-order valence-corrected chi connectivity index (χ2v) is 4.84. The van der Waals surface area contributed by atoms with Crippen LogP contribution in [0.3, 0.4) is 0 Å². The van der Waals surface area contributed by atoms with Crippen LogP contribution in [0.15, 0.2) is 42.5 Å². The number of nitrogen functional groups attached to an aromatic ring is 1. The van der Waals surface area contributed by atoms with Crippen molar-refractivity contribution in [2.75, 3.05) is 19.5 Å². The zero-order chi connectivity index (χ0) is 15.1. The molecule has 0 saturated carbocycles. The molecule has 4 nitrogen and oxygen atoms in total. The molecule has 0 spiro atoms. The minimum atomic E-state index is -0.00617. The summed E-state index contributed by atoms with van der Waals surface area (Å²) in [6.45, 7) is 0.604. The normalized spacial score (nSPS) is 10.4. The molecule has 0 aliphatic rings. The fourth-order valence-corrected chi connectivity index (χ4v) is 2.07. The summed E-state index contributed by atoms with van der Waals surface area (Å²) in [5, 5.41) is 9.10. The second-order valence-electron chi connectivity index (χ2n) is 4.84. The van der Waals surface area contributed by atoms with E-state index in [9.17, 15) is 0 Å². The zero-order valence-corrected chi connectivity index (χ0v) is 12.2. The molecule has 2 aromatic rings. The molecular weight excluding hydrogens is 266 g/mol. The molecule has 0 aliphatic carbocycles. The molecule has 0 radical (unpaired) electrons. The number of rotatable bonds is 7. The standard InChI is InChI=1S/C17H21NO3/c1-20-17-11-14(12-19)6-9-16(17)21-10-2-3-13-4-7-15(18)8-5-13/h4-9,11,19H,2-3,10,12,18H2,1H3. The van der Waals surface area contributed by atoms with Gasteiger partial charge < -0.3 is 20.3 Å². The predicted octanol–water partition coefficient (Wildman–Crippen LogP) is 2.78. The first kappa shape index (κ1) is 15.2. The highest BCUT2D eigenvalue weighted by Gasteiger charge is 2.05. The van der Waals surface area contributed by atoms with Gasteiger partial charge in [0.25, 0.3) is 0 Å². The van der Waals surface area contributed by atoms with Gasteiger partial charge in [0.05, 0.1) is 20.3 Å². The number of nitrogens with two attached hydrogens (primary N) is 1. The maximum atomic E-state index is 9.10. The lowest BCUT2D eigenvalue weighted by Gasteiger charge is -2.11. The molecule has 0 amide bonds. The van der Waals surface area contributed by atoms with E-state index in [1.165, 1.54) is 5.56 Å². The molecule has 0 fully saturated rings. The Kier molecular flexibility index (Phi) is 5.46.